The van der Waals surface area contributed by atoms with Crippen molar-refractivity contribution in [3.05, 3.63) is 76.1 Å². The zero-order valence-electron chi connectivity index (χ0n) is 17.3. The summed E-state index contributed by atoms with van der Waals surface area (Å²) in [6.45, 7) is 2.53. The highest BCUT2D eigenvalue weighted by Crippen LogP contribution is 2.37. The number of hydrogen-bond donors (Lipinski definition) is 2. The summed E-state index contributed by atoms with van der Waals surface area (Å²) in [5.74, 6) is 0.691. The second-order valence-electron chi connectivity index (χ2n) is 7.30. The van der Waals surface area contributed by atoms with Crippen molar-refractivity contribution in [1.29, 1.82) is 0 Å². The molecule has 31 heavy (non-hydrogen) atoms. The van der Waals surface area contributed by atoms with Crippen molar-refractivity contribution in [2.45, 2.75) is 25.9 Å². The van der Waals surface area contributed by atoms with Crippen LogP contribution in [-0.4, -0.2) is 24.0 Å². The molecule has 0 saturated carbocycles. The second kappa shape index (κ2) is 9.09. The molecule has 4 aromatic rings. The number of aryl methyl sites for hydroxylation is 1. The molecule has 0 aliphatic carbocycles. The standard InChI is InChI=1S/C23H23ClN4O2S/c1-14-19(11-17(25)23(29)28(2)15-7-4-3-5-8-15)31-22-18(12-20(24)27-21(14)22)26-13-16-9-6-10-30-16/h3-10,12,17H,11,13,25H2,1-2H3,(H,26,27). The number of carbonyl (C=O) groups excluding carboxylic acids is 1. The summed E-state index contributed by atoms with van der Waals surface area (Å²) in [4.78, 5) is 20.0. The van der Waals surface area contributed by atoms with Crippen LogP contribution in [0, 0.1) is 6.92 Å². The van der Waals surface area contributed by atoms with Crippen molar-refractivity contribution in [2.75, 3.05) is 17.3 Å². The number of fused-ring (bicyclic) bond motifs is 1. The predicted octanol–water partition coefficient (Wildman–Crippen LogP) is 5.00. The van der Waals surface area contributed by atoms with Gasteiger partial charge in [0.15, 0.2) is 0 Å². The number of pyridine rings is 1. The van der Waals surface area contributed by atoms with Gasteiger partial charge in [0, 0.05) is 30.1 Å². The fourth-order valence-electron chi connectivity index (χ4n) is 3.43. The highest BCUT2D eigenvalue weighted by molar-refractivity contribution is 7.19. The van der Waals surface area contributed by atoms with Crippen molar-refractivity contribution in [2.24, 2.45) is 5.73 Å². The molecular weight excluding hydrogens is 432 g/mol. The van der Waals surface area contributed by atoms with Gasteiger partial charge in [-0.05, 0) is 36.8 Å². The van der Waals surface area contributed by atoms with Crippen LogP contribution < -0.4 is 16.0 Å². The normalized spacial score (nSPS) is 12.1. The number of furan rings is 1. The fourth-order valence-corrected chi connectivity index (χ4v) is 4.92. The van der Waals surface area contributed by atoms with Crippen molar-refractivity contribution in [1.82, 2.24) is 4.98 Å². The molecule has 3 heterocycles. The van der Waals surface area contributed by atoms with Gasteiger partial charge < -0.3 is 20.4 Å². The molecule has 3 aromatic heterocycles. The molecule has 160 valence electrons. The quantitative estimate of drug-likeness (QED) is 0.384. The van der Waals surface area contributed by atoms with Gasteiger partial charge in [-0.2, -0.15) is 0 Å². The highest BCUT2D eigenvalue weighted by Gasteiger charge is 2.23. The number of benzene rings is 1. The number of carbonyl (C=O) groups is 1. The lowest BCUT2D eigenvalue weighted by Gasteiger charge is -2.21. The SMILES string of the molecule is Cc1c(CC(N)C(=O)N(C)c2ccccc2)sc2c(NCc3ccco3)cc(Cl)nc12. The van der Waals surface area contributed by atoms with E-state index >= 15 is 0 Å². The molecule has 1 unspecified atom stereocenters. The van der Waals surface area contributed by atoms with Crippen LogP contribution in [0.2, 0.25) is 5.15 Å². The van der Waals surface area contributed by atoms with E-state index in [4.69, 9.17) is 21.8 Å². The number of para-hydroxylation sites is 1. The number of rotatable bonds is 7. The van der Waals surface area contributed by atoms with Crippen LogP contribution in [0.1, 0.15) is 16.2 Å². The molecule has 1 atom stereocenters. The summed E-state index contributed by atoms with van der Waals surface area (Å²) < 4.78 is 6.38. The number of hydrogen-bond acceptors (Lipinski definition) is 6. The number of nitrogens with two attached hydrogens (primary N) is 1. The first-order valence-electron chi connectivity index (χ1n) is 9.87. The number of aromatic nitrogens is 1. The minimum atomic E-state index is -0.660. The second-order valence-corrected chi connectivity index (χ2v) is 8.79. The number of amides is 1. The first-order chi connectivity index (χ1) is 14.9. The predicted molar refractivity (Wildman–Crippen MR) is 127 cm³/mol. The summed E-state index contributed by atoms with van der Waals surface area (Å²) in [5.41, 5.74) is 9.82. The molecule has 0 fully saturated rings. The Bertz CT molecular complexity index is 1190. The third-order valence-electron chi connectivity index (χ3n) is 5.17. The minimum Gasteiger partial charge on any atom is -0.467 e. The Hall–Kier alpha value is -2.87. The van der Waals surface area contributed by atoms with E-state index in [-0.39, 0.29) is 5.91 Å². The van der Waals surface area contributed by atoms with Crippen molar-refractivity contribution in [3.8, 4) is 0 Å². The van der Waals surface area contributed by atoms with Gasteiger partial charge in [-0.3, -0.25) is 4.79 Å². The maximum atomic E-state index is 12.9. The van der Waals surface area contributed by atoms with Crippen LogP contribution in [0.4, 0.5) is 11.4 Å². The lowest BCUT2D eigenvalue weighted by molar-refractivity contribution is -0.119. The molecule has 6 nitrogen and oxygen atoms in total. The van der Waals surface area contributed by atoms with Gasteiger partial charge in [0.25, 0.3) is 0 Å². The maximum absolute atomic E-state index is 12.9. The van der Waals surface area contributed by atoms with Crippen LogP contribution in [-0.2, 0) is 17.8 Å². The Balaban J connectivity index is 1.57. The maximum Gasteiger partial charge on any atom is 0.244 e. The van der Waals surface area contributed by atoms with Gasteiger partial charge in [0.05, 0.1) is 34.8 Å². The zero-order chi connectivity index (χ0) is 22.0. The molecule has 1 aromatic carbocycles. The molecule has 0 aliphatic rings. The topological polar surface area (TPSA) is 84.4 Å². The van der Waals surface area contributed by atoms with E-state index in [1.54, 1.807) is 35.6 Å². The van der Waals surface area contributed by atoms with E-state index in [2.05, 4.69) is 10.3 Å². The smallest absolute Gasteiger partial charge is 0.244 e. The first-order valence-corrected chi connectivity index (χ1v) is 11.1. The number of halogens is 1. The average Bonchev–Trinajstić information content (AvgIpc) is 3.40. The summed E-state index contributed by atoms with van der Waals surface area (Å²) in [5, 5.41) is 3.78. The molecule has 4 rings (SSSR count). The van der Waals surface area contributed by atoms with Gasteiger partial charge in [0.2, 0.25) is 5.91 Å². The van der Waals surface area contributed by atoms with E-state index in [1.807, 2.05) is 49.4 Å². The Morgan fingerprint density at radius 2 is 2.06 bits per heavy atom. The minimum absolute atomic E-state index is 0.134. The molecule has 8 heteroatoms. The van der Waals surface area contributed by atoms with E-state index in [9.17, 15) is 4.79 Å². The van der Waals surface area contributed by atoms with E-state index in [0.717, 1.165) is 37.8 Å². The van der Waals surface area contributed by atoms with Crippen LogP contribution in [0.15, 0.2) is 59.2 Å². The molecule has 0 saturated heterocycles. The fraction of sp³-hybridized carbons (Fsp3) is 0.217. The van der Waals surface area contributed by atoms with Crippen molar-refractivity contribution < 1.29 is 9.21 Å². The number of nitrogens with zero attached hydrogens (tertiary/aromatic N) is 2. The lowest BCUT2D eigenvalue weighted by atomic mass is 10.1. The Morgan fingerprint density at radius 3 is 2.77 bits per heavy atom. The Morgan fingerprint density at radius 1 is 1.29 bits per heavy atom. The van der Waals surface area contributed by atoms with Gasteiger partial charge in [0.1, 0.15) is 10.9 Å². The molecule has 3 N–H and O–H groups in total. The first kappa shape index (κ1) is 21.4. The van der Waals surface area contributed by atoms with Crippen LogP contribution in [0.25, 0.3) is 10.2 Å². The summed E-state index contributed by atoms with van der Waals surface area (Å²) in [6, 6.07) is 14.4. The van der Waals surface area contributed by atoms with E-state index in [1.165, 1.54) is 0 Å². The van der Waals surface area contributed by atoms with Crippen molar-refractivity contribution >= 4 is 50.4 Å². The molecular formula is C23H23ClN4O2S. The van der Waals surface area contributed by atoms with Crippen LogP contribution in [0.3, 0.4) is 0 Å². The van der Waals surface area contributed by atoms with Gasteiger partial charge in [-0.15, -0.1) is 11.3 Å². The number of anilines is 2. The van der Waals surface area contributed by atoms with E-state index in [0.29, 0.717) is 18.1 Å². The summed E-state index contributed by atoms with van der Waals surface area (Å²) in [6.07, 6.45) is 2.07. The van der Waals surface area contributed by atoms with Crippen LogP contribution >= 0.6 is 22.9 Å². The molecule has 0 radical (unpaired) electrons. The Labute approximate surface area is 189 Å². The van der Waals surface area contributed by atoms with Crippen LogP contribution in [0.5, 0.6) is 0 Å². The Kier molecular flexibility index (Phi) is 6.27. The van der Waals surface area contributed by atoms with Gasteiger partial charge >= 0.3 is 0 Å². The average molecular weight is 455 g/mol. The molecule has 1 amide bonds. The third-order valence-corrected chi connectivity index (χ3v) is 6.70. The monoisotopic (exact) mass is 454 g/mol. The summed E-state index contributed by atoms with van der Waals surface area (Å²) >= 11 is 7.86. The zero-order valence-corrected chi connectivity index (χ0v) is 18.8. The van der Waals surface area contributed by atoms with Crippen molar-refractivity contribution in [3.63, 3.8) is 0 Å². The highest BCUT2D eigenvalue weighted by atomic mass is 35.5. The molecule has 0 spiro atoms. The lowest BCUT2D eigenvalue weighted by Crippen LogP contribution is -2.43. The largest absolute Gasteiger partial charge is 0.467 e. The number of nitrogens with one attached hydrogen (secondary N) is 1. The number of likely N-dealkylation sites (N-methyl/N-ethyl adjacent to an activating group) is 1. The van der Waals surface area contributed by atoms with Gasteiger partial charge in [-0.1, -0.05) is 29.8 Å². The molecule has 0 bridgehead atoms. The van der Waals surface area contributed by atoms with Gasteiger partial charge in [-0.25, -0.2) is 4.98 Å². The third kappa shape index (κ3) is 4.58. The number of thiophene rings is 1. The summed E-state index contributed by atoms with van der Waals surface area (Å²) in [7, 11) is 1.74. The molecule has 0 aliphatic heterocycles. The van der Waals surface area contributed by atoms with E-state index < -0.39 is 6.04 Å².